The van der Waals surface area contributed by atoms with Crippen LogP contribution >= 0.6 is 0 Å². The van der Waals surface area contributed by atoms with Crippen LogP contribution in [0.1, 0.15) is 49.7 Å². The lowest BCUT2D eigenvalue weighted by molar-refractivity contribution is -0.150. The number of aryl methyl sites for hydroxylation is 1. The standard InChI is InChI=1S/C19H28N4O2/c1-2-18-20-11-14-7-8-22(12-15(14)21-18)13-19(24)23-9-10-25-17-6-4-3-5-16(17)23/h11,16-17H,2-10,12-13H2,1H3/t16-,17-/m0/s1. The first-order valence-electron chi connectivity index (χ1n) is 9.71. The Labute approximate surface area is 149 Å². The van der Waals surface area contributed by atoms with Crippen molar-refractivity contribution in [2.45, 2.75) is 64.1 Å². The predicted molar refractivity (Wildman–Crippen MR) is 94.1 cm³/mol. The molecule has 0 radical (unpaired) electrons. The van der Waals surface area contributed by atoms with Gasteiger partial charge < -0.3 is 9.64 Å². The lowest BCUT2D eigenvalue weighted by Gasteiger charge is -2.44. The molecule has 1 aliphatic carbocycles. The molecule has 4 rings (SSSR count). The molecule has 2 aliphatic heterocycles. The van der Waals surface area contributed by atoms with E-state index in [0.29, 0.717) is 19.2 Å². The summed E-state index contributed by atoms with van der Waals surface area (Å²) in [6.07, 6.45) is 8.63. The first-order chi connectivity index (χ1) is 12.2. The minimum atomic E-state index is 0.258. The number of aromatic nitrogens is 2. The Morgan fingerprint density at radius 1 is 1.32 bits per heavy atom. The molecule has 136 valence electrons. The van der Waals surface area contributed by atoms with Crippen LogP contribution in [0, 0.1) is 0 Å². The topological polar surface area (TPSA) is 58.6 Å². The van der Waals surface area contributed by atoms with Gasteiger partial charge in [0.25, 0.3) is 0 Å². The van der Waals surface area contributed by atoms with Gasteiger partial charge in [-0.25, -0.2) is 9.97 Å². The first kappa shape index (κ1) is 16.9. The lowest BCUT2D eigenvalue weighted by Crippen LogP contribution is -2.57. The fraction of sp³-hybridized carbons (Fsp3) is 0.737. The van der Waals surface area contributed by atoms with Gasteiger partial charge in [0.15, 0.2) is 0 Å². The zero-order valence-corrected chi connectivity index (χ0v) is 15.1. The maximum absolute atomic E-state index is 13.0. The number of nitrogens with zero attached hydrogens (tertiary/aromatic N) is 4. The third kappa shape index (κ3) is 3.55. The highest BCUT2D eigenvalue weighted by molar-refractivity contribution is 5.78. The molecule has 0 N–H and O–H groups in total. The summed E-state index contributed by atoms with van der Waals surface area (Å²) in [6, 6.07) is 0.293. The van der Waals surface area contributed by atoms with Gasteiger partial charge in [-0.15, -0.1) is 0 Å². The Morgan fingerprint density at radius 3 is 3.08 bits per heavy atom. The number of amides is 1. The van der Waals surface area contributed by atoms with Crippen molar-refractivity contribution >= 4 is 5.91 Å². The Kier molecular flexibility index (Phi) is 4.99. The maximum atomic E-state index is 13.0. The normalized spacial score (nSPS) is 26.8. The average Bonchev–Trinajstić information content (AvgIpc) is 2.66. The Hall–Kier alpha value is -1.53. The molecule has 0 aromatic carbocycles. The Balaban J connectivity index is 1.40. The van der Waals surface area contributed by atoms with Crippen LogP contribution in [0.15, 0.2) is 6.20 Å². The molecule has 2 fully saturated rings. The van der Waals surface area contributed by atoms with E-state index in [-0.39, 0.29) is 12.0 Å². The quantitative estimate of drug-likeness (QED) is 0.833. The van der Waals surface area contributed by atoms with Crippen molar-refractivity contribution in [1.82, 2.24) is 19.8 Å². The number of rotatable bonds is 3. The molecule has 6 heteroatoms. The fourth-order valence-corrected chi connectivity index (χ4v) is 4.39. The second-order valence-electron chi connectivity index (χ2n) is 7.42. The molecule has 1 saturated heterocycles. The molecule has 0 bridgehead atoms. The molecular formula is C19H28N4O2. The Morgan fingerprint density at radius 2 is 2.20 bits per heavy atom. The second kappa shape index (κ2) is 7.38. The summed E-state index contributed by atoms with van der Waals surface area (Å²) in [6.45, 7) is 5.66. The summed E-state index contributed by atoms with van der Waals surface area (Å²) in [4.78, 5) is 26.4. The van der Waals surface area contributed by atoms with E-state index in [0.717, 1.165) is 56.8 Å². The first-order valence-corrected chi connectivity index (χ1v) is 9.71. The third-order valence-electron chi connectivity index (χ3n) is 5.80. The zero-order chi connectivity index (χ0) is 17.2. The van der Waals surface area contributed by atoms with Crippen molar-refractivity contribution in [1.29, 1.82) is 0 Å². The minimum absolute atomic E-state index is 0.258. The van der Waals surface area contributed by atoms with Crippen molar-refractivity contribution in [2.75, 3.05) is 26.2 Å². The van der Waals surface area contributed by atoms with E-state index in [1.165, 1.54) is 18.4 Å². The van der Waals surface area contributed by atoms with Gasteiger partial charge in [0.2, 0.25) is 5.91 Å². The molecule has 3 heterocycles. The monoisotopic (exact) mass is 344 g/mol. The summed E-state index contributed by atoms with van der Waals surface area (Å²) in [5.74, 6) is 1.15. The summed E-state index contributed by atoms with van der Waals surface area (Å²) in [7, 11) is 0. The molecule has 2 atom stereocenters. The minimum Gasteiger partial charge on any atom is -0.374 e. The maximum Gasteiger partial charge on any atom is 0.237 e. The van der Waals surface area contributed by atoms with E-state index < -0.39 is 0 Å². The van der Waals surface area contributed by atoms with E-state index in [2.05, 4.69) is 26.7 Å². The molecule has 1 amide bonds. The van der Waals surface area contributed by atoms with Crippen LogP contribution in [0.25, 0.3) is 0 Å². The van der Waals surface area contributed by atoms with Gasteiger partial charge in [-0.05, 0) is 24.8 Å². The van der Waals surface area contributed by atoms with Crippen LogP contribution in [0.4, 0.5) is 0 Å². The molecule has 3 aliphatic rings. The number of morpholine rings is 1. The van der Waals surface area contributed by atoms with Crippen molar-refractivity contribution in [3.05, 3.63) is 23.3 Å². The van der Waals surface area contributed by atoms with Gasteiger partial charge in [-0.1, -0.05) is 19.8 Å². The summed E-state index contributed by atoms with van der Waals surface area (Å²) < 4.78 is 5.90. The van der Waals surface area contributed by atoms with Gasteiger partial charge in [0.05, 0.1) is 31.0 Å². The van der Waals surface area contributed by atoms with Crippen LogP contribution in [0.2, 0.25) is 0 Å². The molecular weight excluding hydrogens is 316 g/mol. The second-order valence-corrected chi connectivity index (χ2v) is 7.42. The molecule has 1 aromatic rings. The molecule has 1 aromatic heterocycles. The number of hydrogen-bond acceptors (Lipinski definition) is 5. The predicted octanol–water partition coefficient (Wildman–Crippen LogP) is 1.57. The Bertz CT molecular complexity index is 634. The highest BCUT2D eigenvalue weighted by Gasteiger charge is 2.37. The van der Waals surface area contributed by atoms with Crippen LogP contribution in [0.3, 0.4) is 0 Å². The smallest absolute Gasteiger partial charge is 0.237 e. The number of carbonyl (C=O) groups is 1. The summed E-state index contributed by atoms with van der Waals surface area (Å²) in [5.41, 5.74) is 2.34. The van der Waals surface area contributed by atoms with Crippen molar-refractivity contribution in [3.63, 3.8) is 0 Å². The van der Waals surface area contributed by atoms with E-state index >= 15 is 0 Å². The van der Waals surface area contributed by atoms with E-state index in [4.69, 9.17) is 4.74 Å². The van der Waals surface area contributed by atoms with Crippen LogP contribution in [-0.4, -0.2) is 64.1 Å². The van der Waals surface area contributed by atoms with Crippen molar-refractivity contribution in [2.24, 2.45) is 0 Å². The van der Waals surface area contributed by atoms with Gasteiger partial charge >= 0.3 is 0 Å². The number of ether oxygens (including phenoxy) is 1. The fourth-order valence-electron chi connectivity index (χ4n) is 4.39. The molecule has 6 nitrogen and oxygen atoms in total. The van der Waals surface area contributed by atoms with Crippen molar-refractivity contribution < 1.29 is 9.53 Å². The zero-order valence-electron chi connectivity index (χ0n) is 15.1. The van der Waals surface area contributed by atoms with E-state index in [1.807, 2.05) is 6.20 Å². The average molecular weight is 344 g/mol. The van der Waals surface area contributed by atoms with Gasteiger partial charge in [0, 0.05) is 32.3 Å². The number of fused-ring (bicyclic) bond motifs is 2. The van der Waals surface area contributed by atoms with E-state index in [1.54, 1.807) is 0 Å². The van der Waals surface area contributed by atoms with Crippen LogP contribution in [0.5, 0.6) is 0 Å². The largest absolute Gasteiger partial charge is 0.374 e. The van der Waals surface area contributed by atoms with Crippen molar-refractivity contribution in [3.8, 4) is 0 Å². The lowest BCUT2D eigenvalue weighted by atomic mass is 9.90. The highest BCUT2D eigenvalue weighted by Crippen LogP contribution is 2.28. The molecule has 25 heavy (non-hydrogen) atoms. The SMILES string of the molecule is CCc1ncc2c(n1)CN(CC(=O)N1CCO[C@H]3CCCC[C@@H]31)CC2. The van der Waals surface area contributed by atoms with Gasteiger partial charge in [-0.2, -0.15) is 0 Å². The highest BCUT2D eigenvalue weighted by atomic mass is 16.5. The molecule has 1 saturated carbocycles. The van der Waals surface area contributed by atoms with Gasteiger partial charge in [-0.3, -0.25) is 9.69 Å². The summed E-state index contributed by atoms with van der Waals surface area (Å²) in [5, 5.41) is 0. The summed E-state index contributed by atoms with van der Waals surface area (Å²) >= 11 is 0. The third-order valence-corrected chi connectivity index (χ3v) is 5.80. The molecule has 0 spiro atoms. The number of carbonyl (C=O) groups excluding carboxylic acids is 1. The van der Waals surface area contributed by atoms with E-state index in [9.17, 15) is 4.79 Å². The number of hydrogen-bond donors (Lipinski definition) is 0. The van der Waals surface area contributed by atoms with Gasteiger partial charge in [0.1, 0.15) is 5.82 Å². The molecule has 0 unspecified atom stereocenters. The van der Waals surface area contributed by atoms with Crippen LogP contribution < -0.4 is 0 Å². The van der Waals surface area contributed by atoms with Crippen LogP contribution in [-0.2, 0) is 28.9 Å².